The Kier molecular flexibility index (Phi) is 4.23. The van der Waals surface area contributed by atoms with Crippen LogP contribution in [0.25, 0.3) is 0 Å². The maximum Gasteiger partial charge on any atom is 0.307 e. The minimum absolute atomic E-state index is 0.0128. The quantitative estimate of drug-likeness (QED) is 0.819. The molecular formula is C17H27NO3. The number of aliphatic carboxylic acids is 1. The fourth-order valence-corrected chi connectivity index (χ4v) is 5.03. The van der Waals surface area contributed by atoms with Crippen LogP contribution < -0.4 is 5.32 Å². The number of carbonyl (C=O) groups is 2. The molecule has 0 aromatic heterocycles. The molecule has 0 aromatic rings. The van der Waals surface area contributed by atoms with Gasteiger partial charge in [-0.1, -0.05) is 19.8 Å². The second kappa shape index (κ2) is 5.98. The van der Waals surface area contributed by atoms with Gasteiger partial charge < -0.3 is 10.4 Å². The van der Waals surface area contributed by atoms with E-state index in [0.29, 0.717) is 18.3 Å². The van der Waals surface area contributed by atoms with Crippen LogP contribution in [0.15, 0.2) is 0 Å². The fourth-order valence-electron chi connectivity index (χ4n) is 5.03. The zero-order valence-corrected chi connectivity index (χ0v) is 12.9. The van der Waals surface area contributed by atoms with Gasteiger partial charge in [0.1, 0.15) is 0 Å². The normalized spacial score (nSPS) is 41.4. The van der Waals surface area contributed by atoms with Crippen LogP contribution in [0.1, 0.15) is 51.9 Å². The summed E-state index contributed by atoms with van der Waals surface area (Å²) in [6, 6.07) is 0. The van der Waals surface area contributed by atoms with Crippen LogP contribution in [0.5, 0.6) is 0 Å². The molecule has 118 valence electrons. The zero-order chi connectivity index (χ0) is 15.0. The van der Waals surface area contributed by atoms with Gasteiger partial charge in [0.15, 0.2) is 0 Å². The summed E-state index contributed by atoms with van der Waals surface area (Å²) in [4.78, 5) is 23.8. The van der Waals surface area contributed by atoms with Gasteiger partial charge in [0, 0.05) is 6.54 Å². The number of carboxylic acids is 1. The Bertz CT molecular complexity index is 422. The molecule has 0 saturated heterocycles. The minimum Gasteiger partial charge on any atom is -0.481 e. The van der Waals surface area contributed by atoms with Gasteiger partial charge in [-0.3, -0.25) is 9.59 Å². The molecular weight excluding hydrogens is 266 g/mol. The van der Waals surface area contributed by atoms with Gasteiger partial charge in [-0.15, -0.1) is 0 Å². The largest absolute Gasteiger partial charge is 0.481 e. The molecule has 3 fully saturated rings. The molecule has 6 unspecified atom stereocenters. The highest BCUT2D eigenvalue weighted by Gasteiger charge is 2.43. The van der Waals surface area contributed by atoms with Crippen LogP contribution in [0.4, 0.5) is 0 Å². The van der Waals surface area contributed by atoms with Gasteiger partial charge in [0.2, 0.25) is 5.91 Å². The molecule has 4 heteroatoms. The van der Waals surface area contributed by atoms with E-state index in [4.69, 9.17) is 0 Å². The van der Waals surface area contributed by atoms with E-state index >= 15 is 0 Å². The van der Waals surface area contributed by atoms with Gasteiger partial charge in [-0.05, 0) is 55.8 Å². The number of hydrogen-bond donors (Lipinski definition) is 2. The Morgan fingerprint density at radius 1 is 1.10 bits per heavy atom. The number of nitrogens with one attached hydrogen (secondary N) is 1. The number of carbonyl (C=O) groups excluding carboxylic acids is 1. The van der Waals surface area contributed by atoms with E-state index in [0.717, 1.165) is 31.2 Å². The SMILES string of the molecule is CCC1CC(C(=O)O)C(C(=O)NCC2CC3CCC2C3)C1. The molecule has 2 bridgehead atoms. The third-order valence-corrected chi connectivity index (χ3v) is 6.31. The highest BCUT2D eigenvalue weighted by atomic mass is 16.4. The zero-order valence-electron chi connectivity index (χ0n) is 12.9. The van der Waals surface area contributed by atoms with Crippen molar-refractivity contribution in [3.05, 3.63) is 0 Å². The molecule has 0 heterocycles. The van der Waals surface area contributed by atoms with E-state index < -0.39 is 11.9 Å². The van der Waals surface area contributed by atoms with Crippen LogP contribution in [-0.4, -0.2) is 23.5 Å². The number of hydrogen-bond acceptors (Lipinski definition) is 2. The number of carboxylic acid groups (broad SMARTS) is 1. The summed E-state index contributed by atoms with van der Waals surface area (Å²) in [6.07, 6.45) is 7.69. The predicted molar refractivity (Wildman–Crippen MR) is 79.6 cm³/mol. The maximum absolute atomic E-state index is 12.4. The summed E-state index contributed by atoms with van der Waals surface area (Å²) in [5.74, 6) is 1.12. The lowest BCUT2D eigenvalue weighted by Crippen LogP contribution is -2.38. The highest BCUT2D eigenvalue weighted by molar-refractivity contribution is 5.85. The van der Waals surface area contributed by atoms with Gasteiger partial charge >= 0.3 is 5.97 Å². The number of amides is 1. The molecule has 4 nitrogen and oxygen atoms in total. The summed E-state index contributed by atoms with van der Waals surface area (Å²) >= 11 is 0. The van der Waals surface area contributed by atoms with Crippen LogP contribution in [0, 0.1) is 35.5 Å². The average Bonchev–Trinajstić information content (AvgIpc) is 3.18. The van der Waals surface area contributed by atoms with Crippen molar-refractivity contribution in [2.24, 2.45) is 35.5 Å². The van der Waals surface area contributed by atoms with Crippen molar-refractivity contribution in [3.8, 4) is 0 Å². The molecule has 0 spiro atoms. The Hall–Kier alpha value is -1.06. The summed E-state index contributed by atoms with van der Waals surface area (Å²) in [6.45, 7) is 2.85. The molecule has 21 heavy (non-hydrogen) atoms. The van der Waals surface area contributed by atoms with Gasteiger partial charge in [-0.2, -0.15) is 0 Å². The van der Waals surface area contributed by atoms with Crippen LogP contribution in [0.3, 0.4) is 0 Å². The van der Waals surface area contributed by atoms with E-state index in [-0.39, 0.29) is 11.8 Å². The van der Waals surface area contributed by atoms with E-state index in [1.165, 1.54) is 25.7 Å². The van der Waals surface area contributed by atoms with Crippen molar-refractivity contribution in [2.45, 2.75) is 51.9 Å². The summed E-state index contributed by atoms with van der Waals surface area (Å²) in [7, 11) is 0. The predicted octanol–water partition coefficient (Wildman–Crippen LogP) is 2.68. The number of fused-ring (bicyclic) bond motifs is 2. The first-order valence-electron chi connectivity index (χ1n) is 8.59. The standard InChI is InChI=1S/C17H27NO3/c1-2-10-7-14(15(8-10)17(20)21)16(19)18-9-13-6-11-3-4-12(13)5-11/h10-15H,2-9H2,1H3,(H,18,19)(H,20,21). The first-order valence-corrected chi connectivity index (χ1v) is 8.59. The average molecular weight is 293 g/mol. The molecule has 3 aliphatic carbocycles. The Balaban J connectivity index is 1.53. The maximum atomic E-state index is 12.4. The topological polar surface area (TPSA) is 66.4 Å². The Morgan fingerprint density at radius 3 is 2.43 bits per heavy atom. The van der Waals surface area contributed by atoms with Gasteiger partial charge in [0.05, 0.1) is 11.8 Å². The van der Waals surface area contributed by atoms with Crippen molar-refractivity contribution in [1.82, 2.24) is 5.32 Å². The lowest BCUT2D eigenvalue weighted by atomic mass is 9.88. The molecule has 3 saturated carbocycles. The van der Waals surface area contributed by atoms with Crippen molar-refractivity contribution < 1.29 is 14.7 Å². The second-order valence-electron chi connectivity index (χ2n) is 7.48. The smallest absolute Gasteiger partial charge is 0.307 e. The van der Waals surface area contributed by atoms with Crippen molar-refractivity contribution in [3.63, 3.8) is 0 Å². The molecule has 3 aliphatic rings. The van der Waals surface area contributed by atoms with Gasteiger partial charge in [-0.25, -0.2) is 0 Å². The number of rotatable bonds is 5. The van der Waals surface area contributed by atoms with E-state index in [1.807, 2.05) is 0 Å². The summed E-state index contributed by atoms with van der Waals surface area (Å²) in [5, 5.41) is 12.4. The molecule has 0 aromatic carbocycles. The third-order valence-electron chi connectivity index (χ3n) is 6.31. The van der Waals surface area contributed by atoms with E-state index in [9.17, 15) is 14.7 Å². The van der Waals surface area contributed by atoms with E-state index in [2.05, 4.69) is 12.2 Å². The van der Waals surface area contributed by atoms with Crippen molar-refractivity contribution in [2.75, 3.05) is 6.54 Å². The highest BCUT2D eigenvalue weighted by Crippen LogP contribution is 2.48. The Morgan fingerprint density at radius 2 is 1.86 bits per heavy atom. The van der Waals surface area contributed by atoms with Crippen molar-refractivity contribution in [1.29, 1.82) is 0 Å². The summed E-state index contributed by atoms with van der Waals surface area (Å²) in [5.41, 5.74) is 0. The first-order chi connectivity index (χ1) is 10.1. The Labute approximate surface area is 126 Å². The van der Waals surface area contributed by atoms with E-state index in [1.54, 1.807) is 0 Å². The molecule has 0 radical (unpaired) electrons. The first kappa shape index (κ1) is 14.9. The monoisotopic (exact) mass is 293 g/mol. The lowest BCUT2D eigenvalue weighted by molar-refractivity contribution is -0.146. The lowest BCUT2D eigenvalue weighted by Gasteiger charge is -2.23. The van der Waals surface area contributed by atoms with Crippen LogP contribution >= 0.6 is 0 Å². The molecule has 0 aliphatic heterocycles. The second-order valence-corrected chi connectivity index (χ2v) is 7.48. The fraction of sp³-hybridized carbons (Fsp3) is 0.882. The third kappa shape index (κ3) is 2.95. The minimum atomic E-state index is -0.800. The molecule has 3 rings (SSSR count). The van der Waals surface area contributed by atoms with Gasteiger partial charge in [0.25, 0.3) is 0 Å². The van der Waals surface area contributed by atoms with Crippen LogP contribution in [0.2, 0.25) is 0 Å². The van der Waals surface area contributed by atoms with Crippen LogP contribution in [-0.2, 0) is 9.59 Å². The molecule has 6 atom stereocenters. The molecule has 1 amide bonds. The van der Waals surface area contributed by atoms with Crippen molar-refractivity contribution >= 4 is 11.9 Å². The summed E-state index contributed by atoms with van der Waals surface area (Å²) < 4.78 is 0. The molecule has 2 N–H and O–H groups in total.